The number of carbonyl (C=O) groups excluding carboxylic acids is 1. The first-order valence-corrected chi connectivity index (χ1v) is 8.94. The first-order chi connectivity index (χ1) is 13.0. The third-order valence-corrected chi connectivity index (χ3v) is 4.86. The van der Waals surface area contributed by atoms with Crippen molar-refractivity contribution in [3.05, 3.63) is 59.3 Å². The number of hydrogen-bond acceptors (Lipinski definition) is 5. The second-order valence-corrected chi connectivity index (χ2v) is 6.76. The summed E-state index contributed by atoms with van der Waals surface area (Å²) in [7, 11) is 0. The van der Waals surface area contributed by atoms with Gasteiger partial charge in [-0.15, -0.1) is 10.2 Å². The highest BCUT2D eigenvalue weighted by atomic mass is 19.1. The number of amides is 1. The Hall–Kier alpha value is -3.03. The lowest BCUT2D eigenvalue weighted by Gasteiger charge is -2.29. The Kier molecular flexibility index (Phi) is 4.47. The molecule has 1 aliphatic rings. The Morgan fingerprint density at radius 3 is 2.59 bits per heavy atom. The van der Waals surface area contributed by atoms with Crippen LogP contribution in [0.15, 0.2) is 34.7 Å². The Morgan fingerprint density at radius 2 is 1.93 bits per heavy atom. The molecular formula is C19H20FN5O2. The van der Waals surface area contributed by atoms with Gasteiger partial charge in [0, 0.05) is 31.6 Å². The van der Waals surface area contributed by atoms with Gasteiger partial charge in [-0.05, 0) is 38.0 Å². The Balaban J connectivity index is 1.48. The molecule has 0 saturated carbocycles. The number of halogens is 1. The maximum absolute atomic E-state index is 14.1. The number of aryl methyl sites for hydroxylation is 2. The van der Waals surface area contributed by atoms with Crippen molar-refractivity contribution in [2.24, 2.45) is 0 Å². The summed E-state index contributed by atoms with van der Waals surface area (Å²) >= 11 is 0. The fourth-order valence-corrected chi connectivity index (χ4v) is 3.41. The van der Waals surface area contributed by atoms with Crippen molar-refractivity contribution in [3.63, 3.8) is 0 Å². The van der Waals surface area contributed by atoms with Crippen LogP contribution in [0.2, 0.25) is 0 Å². The molecule has 1 aliphatic heterocycles. The van der Waals surface area contributed by atoms with E-state index < -0.39 is 0 Å². The number of aromatic nitrogens is 4. The average molecular weight is 369 g/mol. The standard InChI is InChI=1S/C19H20FN5O2/c1-12-11-16(23-25(12)17-6-4-3-5-15(17)20)19(26)24-9-7-14(8-10-24)18-22-21-13(2)27-18/h3-6,11,14H,7-10H2,1-2H3. The zero-order valence-electron chi connectivity index (χ0n) is 15.2. The number of para-hydroxylation sites is 1. The fourth-order valence-electron chi connectivity index (χ4n) is 3.41. The van der Waals surface area contributed by atoms with Crippen LogP contribution in [0.25, 0.3) is 5.69 Å². The third-order valence-electron chi connectivity index (χ3n) is 4.86. The maximum atomic E-state index is 14.1. The molecule has 1 fully saturated rings. The second-order valence-electron chi connectivity index (χ2n) is 6.76. The van der Waals surface area contributed by atoms with Crippen molar-refractivity contribution >= 4 is 5.91 Å². The van der Waals surface area contributed by atoms with E-state index in [1.165, 1.54) is 10.7 Å². The van der Waals surface area contributed by atoms with Crippen molar-refractivity contribution in [1.82, 2.24) is 24.9 Å². The summed E-state index contributed by atoms with van der Waals surface area (Å²) in [5.74, 6) is 0.844. The van der Waals surface area contributed by atoms with Crippen LogP contribution in [0.3, 0.4) is 0 Å². The molecule has 3 aromatic rings. The molecule has 1 aromatic carbocycles. The first kappa shape index (κ1) is 17.4. The van der Waals surface area contributed by atoms with Gasteiger partial charge in [-0.25, -0.2) is 9.07 Å². The minimum atomic E-state index is -0.377. The summed E-state index contributed by atoms with van der Waals surface area (Å²) in [4.78, 5) is 14.6. The van der Waals surface area contributed by atoms with Crippen molar-refractivity contribution in [2.45, 2.75) is 32.6 Å². The molecule has 0 radical (unpaired) electrons. The molecule has 7 nitrogen and oxygen atoms in total. The molecule has 0 unspecified atom stereocenters. The zero-order valence-corrected chi connectivity index (χ0v) is 15.2. The van der Waals surface area contributed by atoms with E-state index in [1.54, 1.807) is 43.0 Å². The molecule has 27 heavy (non-hydrogen) atoms. The lowest BCUT2D eigenvalue weighted by molar-refractivity contribution is 0.0699. The monoisotopic (exact) mass is 369 g/mol. The van der Waals surface area contributed by atoms with Gasteiger partial charge in [0.1, 0.15) is 11.5 Å². The predicted molar refractivity (Wildman–Crippen MR) is 95.2 cm³/mol. The van der Waals surface area contributed by atoms with E-state index in [-0.39, 0.29) is 17.6 Å². The van der Waals surface area contributed by atoms with Crippen LogP contribution in [-0.4, -0.2) is 43.9 Å². The van der Waals surface area contributed by atoms with Gasteiger partial charge in [0.05, 0.1) is 0 Å². The summed E-state index contributed by atoms with van der Waals surface area (Å²) < 4.78 is 21.0. The topological polar surface area (TPSA) is 77.1 Å². The summed E-state index contributed by atoms with van der Waals surface area (Å²) in [6, 6.07) is 8.08. The van der Waals surface area contributed by atoms with Crippen LogP contribution in [0.5, 0.6) is 0 Å². The van der Waals surface area contributed by atoms with E-state index in [1.807, 2.05) is 0 Å². The molecule has 4 rings (SSSR count). The van der Waals surface area contributed by atoms with Crippen molar-refractivity contribution < 1.29 is 13.6 Å². The first-order valence-electron chi connectivity index (χ1n) is 8.94. The van der Waals surface area contributed by atoms with Crippen LogP contribution in [0.1, 0.15) is 46.7 Å². The van der Waals surface area contributed by atoms with Crippen LogP contribution in [0, 0.1) is 19.7 Å². The molecule has 0 aliphatic carbocycles. The number of rotatable bonds is 3. The molecule has 0 spiro atoms. The van der Waals surface area contributed by atoms with Gasteiger partial charge in [-0.2, -0.15) is 5.10 Å². The summed E-state index contributed by atoms with van der Waals surface area (Å²) in [6.07, 6.45) is 1.53. The van der Waals surface area contributed by atoms with Crippen LogP contribution in [-0.2, 0) is 0 Å². The van der Waals surface area contributed by atoms with Crippen molar-refractivity contribution in [3.8, 4) is 5.69 Å². The van der Waals surface area contributed by atoms with Crippen LogP contribution < -0.4 is 0 Å². The molecule has 2 aromatic heterocycles. The quantitative estimate of drug-likeness (QED) is 0.709. The Bertz CT molecular complexity index is 972. The second kappa shape index (κ2) is 6.94. The molecular weight excluding hydrogens is 349 g/mol. The minimum absolute atomic E-state index is 0.145. The molecule has 8 heteroatoms. The van der Waals surface area contributed by atoms with Crippen molar-refractivity contribution in [2.75, 3.05) is 13.1 Å². The number of hydrogen-bond donors (Lipinski definition) is 0. The number of carbonyl (C=O) groups is 1. The highest BCUT2D eigenvalue weighted by Crippen LogP contribution is 2.28. The minimum Gasteiger partial charge on any atom is -0.425 e. The van der Waals surface area contributed by atoms with Gasteiger partial charge >= 0.3 is 0 Å². The molecule has 0 bridgehead atoms. The van der Waals surface area contributed by atoms with Gasteiger partial charge in [0.15, 0.2) is 5.69 Å². The van der Waals surface area contributed by atoms with Crippen molar-refractivity contribution in [1.29, 1.82) is 0 Å². The SMILES string of the molecule is Cc1nnc(C2CCN(C(=O)c3cc(C)n(-c4ccccc4F)n3)CC2)o1. The molecule has 1 saturated heterocycles. The average Bonchev–Trinajstić information content (AvgIpc) is 3.28. The van der Waals surface area contributed by atoms with Gasteiger partial charge < -0.3 is 9.32 Å². The fraction of sp³-hybridized carbons (Fsp3) is 0.368. The zero-order chi connectivity index (χ0) is 19.0. The summed E-state index contributed by atoms with van der Waals surface area (Å²) in [5.41, 5.74) is 1.36. The lowest BCUT2D eigenvalue weighted by atomic mass is 9.96. The van der Waals surface area contributed by atoms with E-state index in [0.717, 1.165) is 12.8 Å². The Morgan fingerprint density at radius 1 is 1.19 bits per heavy atom. The Labute approximate surface area is 155 Å². The predicted octanol–water partition coefficient (Wildman–Crippen LogP) is 3.03. The number of likely N-dealkylation sites (tertiary alicyclic amines) is 1. The van der Waals surface area contributed by atoms with Gasteiger partial charge in [0.25, 0.3) is 5.91 Å². The van der Waals surface area contributed by atoms with E-state index >= 15 is 0 Å². The number of benzene rings is 1. The number of nitrogens with zero attached hydrogens (tertiary/aromatic N) is 5. The van der Waals surface area contributed by atoms with Gasteiger partial charge in [-0.3, -0.25) is 4.79 Å². The lowest BCUT2D eigenvalue weighted by Crippen LogP contribution is -2.38. The molecule has 3 heterocycles. The van der Waals surface area contributed by atoms with E-state index in [4.69, 9.17) is 4.42 Å². The van der Waals surface area contributed by atoms with E-state index in [2.05, 4.69) is 15.3 Å². The van der Waals surface area contributed by atoms with E-state index in [9.17, 15) is 9.18 Å². The molecule has 0 N–H and O–H groups in total. The largest absolute Gasteiger partial charge is 0.425 e. The van der Waals surface area contributed by atoms with Gasteiger partial charge in [-0.1, -0.05) is 12.1 Å². The van der Waals surface area contributed by atoms with Crippen LogP contribution >= 0.6 is 0 Å². The van der Waals surface area contributed by atoms with E-state index in [0.29, 0.717) is 41.9 Å². The normalized spacial score (nSPS) is 15.3. The molecule has 1 amide bonds. The van der Waals surface area contributed by atoms with Crippen LogP contribution in [0.4, 0.5) is 4.39 Å². The molecule has 140 valence electrons. The smallest absolute Gasteiger partial charge is 0.274 e. The summed E-state index contributed by atoms with van der Waals surface area (Å²) in [5, 5.41) is 12.3. The third kappa shape index (κ3) is 3.34. The highest BCUT2D eigenvalue weighted by molar-refractivity contribution is 5.92. The maximum Gasteiger partial charge on any atom is 0.274 e. The highest BCUT2D eigenvalue weighted by Gasteiger charge is 2.29. The number of piperidine rings is 1. The molecule has 0 atom stereocenters. The summed E-state index contributed by atoms with van der Waals surface area (Å²) in [6.45, 7) is 4.76. The van der Waals surface area contributed by atoms with Gasteiger partial charge in [0.2, 0.25) is 11.8 Å².